The van der Waals surface area contributed by atoms with Crippen molar-refractivity contribution in [1.29, 1.82) is 0 Å². The van der Waals surface area contributed by atoms with Crippen LogP contribution >= 0.6 is 0 Å². The predicted molar refractivity (Wildman–Crippen MR) is 78.4 cm³/mol. The van der Waals surface area contributed by atoms with Crippen molar-refractivity contribution in [1.82, 2.24) is 9.97 Å². The zero-order valence-electron chi connectivity index (χ0n) is 12.6. The average Bonchev–Trinajstić information content (AvgIpc) is 2.49. The van der Waals surface area contributed by atoms with Crippen LogP contribution in [0.25, 0.3) is 0 Å². The summed E-state index contributed by atoms with van der Waals surface area (Å²) >= 11 is 0. The molecule has 21 heavy (non-hydrogen) atoms. The molecule has 5 nitrogen and oxygen atoms in total. The summed E-state index contributed by atoms with van der Waals surface area (Å²) in [6, 6.07) is 6.95. The van der Waals surface area contributed by atoms with Gasteiger partial charge in [0.05, 0.1) is 29.9 Å². The average molecular weight is 286 g/mol. The number of methoxy groups -OCH3 is 1. The highest BCUT2D eigenvalue weighted by molar-refractivity contribution is 5.92. The number of hydrogen-bond donors (Lipinski definition) is 0. The van der Waals surface area contributed by atoms with Gasteiger partial charge in [-0.3, -0.25) is 9.97 Å². The zero-order chi connectivity index (χ0) is 15.4. The van der Waals surface area contributed by atoms with Crippen molar-refractivity contribution in [3.05, 3.63) is 52.6 Å². The third-order valence-corrected chi connectivity index (χ3v) is 3.25. The number of ether oxygens (including phenoxy) is 2. The lowest BCUT2D eigenvalue weighted by molar-refractivity contribution is 0.0462. The molecule has 0 aliphatic carbocycles. The molecule has 2 aromatic rings. The summed E-state index contributed by atoms with van der Waals surface area (Å²) < 4.78 is 10.5. The van der Waals surface area contributed by atoms with E-state index in [2.05, 4.69) is 9.97 Å². The normalized spacial score (nSPS) is 10.3. The topological polar surface area (TPSA) is 61.3 Å². The number of nitrogens with zero attached hydrogens (tertiary/aromatic N) is 2. The maximum atomic E-state index is 12.1. The molecule has 5 heteroatoms. The summed E-state index contributed by atoms with van der Waals surface area (Å²) in [6.07, 6.45) is 0. The fourth-order valence-corrected chi connectivity index (χ4v) is 1.92. The Morgan fingerprint density at radius 2 is 1.71 bits per heavy atom. The largest absolute Gasteiger partial charge is 0.496 e. The summed E-state index contributed by atoms with van der Waals surface area (Å²) in [6.45, 7) is 5.73. The molecule has 0 radical (unpaired) electrons. The van der Waals surface area contributed by atoms with Gasteiger partial charge in [-0.15, -0.1) is 0 Å². The SMILES string of the molecule is COc1ccccc1C(=O)OCc1nc(C)c(C)nc1C. The quantitative estimate of drug-likeness (QED) is 0.809. The van der Waals surface area contributed by atoms with E-state index in [4.69, 9.17) is 9.47 Å². The van der Waals surface area contributed by atoms with Gasteiger partial charge in [0.1, 0.15) is 17.9 Å². The molecule has 0 bridgehead atoms. The van der Waals surface area contributed by atoms with Crippen molar-refractivity contribution in [2.45, 2.75) is 27.4 Å². The van der Waals surface area contributed by atoms with E-state index in [0.29, 0.717) is 17.0 Å². The third kappa shape index (κ3) is 3.37. The van der Waals surface area contributed by atoms with Gasteiger partial charge in [-0.25, -0.2) is 4.79 Å². The molecule has 1 aromatic carbocycles. The van der Waals surface area contributed by atoms with Crippen LogP contribution in [0, 0.1) is 20.8 Å². The van der Waals surface area contributed by atoms with Crippen LogP contribution in [-0.4, -0.2) is 23.0 Å². The number of rotatable bonds is 4. The van der Waals surface area contributed by atoms with Crippen LogP contribution in [0.3, 0.4) is 0 Å². The van der Waals surface area contributed by atoms with E-state index in [1.807, 2.05) is 20.8 Å². The molecule has 0 N–H and O–H groups in total. The second-order valence-corrected chi connectivity index (χ2v) is 4.70. The van der Waals surface area contributed by atoms with E-state index in [0.717, 1.165) is 17.1 Å². The Labute approximate surface area is 124 Å². The molecule has 0 aliphatic rings. The molecule has 0 atom stereocenters. The Balaban J connectivity index is 2.13. The van der Waals surface area contributed by atoms with Crippen LogP contribution in [-0.2, 0) is 11.3 Å². The number of aromatic nitrogens is 2. The van der Waals surface area contributed by atoms with Crippen molar-refractivity contribution in [3.8, 4) is 5.75 Å². The summed E-state index contributed by atoms with van der Waals surface area (Å²) in [5.41, 5.74) is 3.55. The molecule has 0 unspecified atom stereocenters. The van der Waals surface area contributed by atoms with E-state index in [9.17, 15) is 4.79 Å². The van der Waals surface area contributed by atoms with Gasteiger partial charge >= 0.3 is 5.97 Å². The first-order valence-electron chi connectivity index (χ1n) is 6.63. The van der Waals surface area contributed by atoms with Crippen molar-refractivity contribution in [2.75, 3.05) is 7.11 Å². The minimum Gasteiger partial charge on any atom is -0.496 e. The predicted octanol–water partition coefficient (Wildman–Crippen LogP) is 2.77. The number of carbonyl (C=O) groups is 1. The van der Waals surface area contributed by atoms with Crippen LogP contribution in [0.4, 0.5) is 0 Å². The lowest BCUT2D eigenvalue weighted by Crippen LogP contribution is -2.10. The first kappa shape index (κ1) is 15.0. The third-order valence-electron chi connectivity index (χ3n) is 3.25. The molecule has 0 aliphatic heterocycles. The second-order valence-electron chi connectivity index (χ2n) is 4.70. The minimum atomic E-state index is -0.438. The molecular formula is C16H18N2O3. The van der Waals surface area contributed by atoms with E-state index < -0.39 is 5.97 Å². The van der Waals surface area contributed by atoms with Gasteiger partial charge in [-0.05, 0) is 32.9 Å². The number of para-hydroxylation sites is 1. The maximum Gasteiger partial charge on any atom is 0.342 e. The van der Waals surface area contributed by atoms with Gasteiger partial charge in [-0.2, -0.15) is 0 Å². The smallest absolute Gasteiger partial charge is 0.342 e. The number of aryl methyl sites for hydroxylation is 3. The van der Waals surface area contributed by atoms with Crippen LogP contribution < -0.4 is 4.74 Å². The highest BCUT2D eigenvalue weighted by Crippen LogP contribution is 2.19. The van der Waals surface area contributed by atoms with Crippen LogP contribution in [0.2, 0.25) is 0 Å². The van der Waals surface area contributed by atoms with E-state index in [1.165, 1.54) is 7.11 Å². The number of hydrogen-bond acceptors (Lipinski definition) is 5. The Bertz CT molecular complexity index is 669. The highest BCUT2D eigenvalue weighted by Gasteiger charge is 2.14. The van der Waals surface area contributed by atoms with Crippen molar-refractivity contribution in [3.63, 3.8) is 0 Å². The molecule has 110 valence electrons. The van der Waals surface area contributed by atoms with E-state index in [1.54, 1.807) is 24.3 Å². The van der Waals surface area contributed by atoms with Crippen molar-refractivity contribution in [2.24, 2.45) is 0 Å². The monoisotopic (exact) mass is 286 g/mol. The Kier molecular flexibility index (Phi) is 4.52. The molecule has 0 amide bonds. The van der Waals surface area contributed by atoms with E-state index in [-0.39, 0.29) is 6.61 Å². The fourth-order valence-electron chi connectivity index (χ4n) is 1.92. The molecule has 1 aromatic heterocycles. The summed E-state index contributed by atoms with van der Waals surface area (Å²) in [5.74, 6) is 0.0530. The number of benzene rings is 1. The molecule has 0 saturated carbocycles. The van der Waals surface area contributed by atoms with Gasteiger partial charge in [0.2, 0.25) is 0 Å². The highest BCUT2D eigenvalue weighted by atomic mass is 16.5. The molecule has 1 heterocycles. The first-order chi connectivity index (χ1) is 10.0. The zero-order valence-corrected chi connectivity index (χ0v) is 12.6. The van der Waals surface area contributed by atoms with Crippen LogP contribution in [0.5, 0.6) is 5.75 Å². The number of carbonyl (C=O) groups excluding carboxylic acids is 1. The lowest BCUT2D eigenvalue weighted by Gasteiger charge is -2.10. The van der Waals surface area contributed by atoms with Crippen LogP contribution in [0.15, 0.2) is 24.3 Å². The molecule has 0 fully saturated rings. The Morgan fingerprint density at radius 3 is 2.43 bits per heavy atom. The van der Waals surface area contributed by atoms with Crippen LogP contribution in [0.1, 0.15) is 33.1 Å². The van der Waals surface area contributed by atoms with Gasteiger partial charge in [-0.1, -0.05) is 12.1 Å². The lowest BCUT2D eigenvalue weighted by atomic mass is 10.2. The van der Waals surface area contributed by atoms with E-state index >= 15 is 0 Å². The molecule has 2 rings (SSSR count). The summed E-state index contributed by atoms with van der Waals surface area (Å²) in [7, 11) is 1.52. The fraction of sp³-hybridized carbons (Fsp3) is 0.312. The summed E-state index contributed by atoms with van der Waals surface area (Å²) in [4.78, 5) is 20.9. The first-order valence-corrected chi connectivity index (χ1v) is 6.63. The summed E-state index contributed by atoms with van der Waals surface area (Å²) in [5, 5.41) is 0. The molecular weight excluding hydrogens is 268 g/mol. The number of esters is 1. The van der Waals surface area contributed by atoms with Crippen molar-refractivity contribution >= 4 is 5.97 Å². The van der Waals surface area contributed by atoms with Crippen molar-refractivity contribution < 1.29 is 14.3 Å². The standard InChI is InChI=1S/C16H18N2O3/c1-10-11(2)18-14(12(3)17-10)9-21-16(19)13-7-5-6-8-15(13)20-4/h5-8H,9H2,1-4H3. The minimum absolute atomic E-state index is 0.0941. The molecule has 0 spiro atoms. The second kappa shape index (κ2) is 6.35. The Morgan fingerprint density at radius 1 is 1.05 bits per heavy atom. The van der Waals surface area contributed by atoms with Gasteiger partial charge in [0.25, 0.3) is 0 Å². The van der Waals surface area contributed by atoms with Gasteiger partial charge in [0.15, 0.2) is 0 Å². The molecule has 0 saturated heterocycles. The maximum absolute atomic E-state index is 12.1. The Hall–Kier alpha value is -2.43. The van der Waals surface area contributed by atoms with Gasteiger partial charge < -0.3 is 9.47 Å². The van der Waals surface area contributed by atoms with Gasteiger partial charge in [0, 0.05) is 0 Å².